The molecular weight excluding hydrogens is 507 g/mol. The number of hydrogen-bond acceptors (Lipinski definition) is 5. The van der Waals surface area contributed by atoms with E-state index in [4.69, 9.17) is 16.3 Å². The van der Waals surface area contributed by atoms with Gasteiger partial charge >= 0.3 is 5.97 Å². The zero-order valence-electron chi connectivity index (χ0n) is 19.4. The van der Waals surface area contributed by atoms with E-state index in [1.54, 1.807) is 24.3 Å². The van der Waals surface area contributed by atoms with E-state index >= 15 is 0 Å². The smallest absolute Gasteiger partial charge is 0.307 e. The molecule has 0 aliphatic carbocycles. The molecule has 36 heavy (non-hydrogen) atoms. The van der Waals surface area contributed by atoms with Gasteiger partial charge in [0.15, 0.2) is 0 Å². The van der Waals surface area contributed by atoms with E-state index in [9.17, 15) is 22.7 Å². The molecule has 190 valence electrons. The first kappa shape index (κ1) is 26.1. The number of carbonyl (C=O) groups is 1. The third-order valence-corrected chi connectivity index (χ3v) is 8.13. The minimum atomic E-state index is -3.71. The fourth-order valence-electron chi connectivity index (χ4n) is 4.05. The lowest BCUT2D eigenvalue weighted by Gasteiger charge is -2.34. The molecule has 0 aromatic heterocycles. The van der Waals surface area contributed by atoms with Crippen LogP contribution in [0, 0.1) is 5.82 Å². The van der Waals surface area contributed by atoms with Crippen LogP contribution in [-0.4, -0.2) is 54.9 Å². The lowest BCUT2D eigenvalue weighted by atomic mass is 10.1. The maximum Gasteiger partial charge on any atom is 0.307 e. The second-order valence-corrected chi connectivity index (χ2v) is 10.9. The minimum Gasteiger partial charge on any atom is -0.489 e. The summed E-state index contributed by atoms with van der Waals surface area (Å²) in [5.41, 5.74) is 2.44. The van der Waals surface area contributed by atoms with Gasteiger partial charge in [0.25, 0.3) is 0 Å². The van der Waals surface area contributed by atoms with E-state index in [-0.39, 0.29) is 24.4 Å². The first-order chi connectivity index (χ1) is 17.2. The van der Waals surface area contributed by atoms with Gasteiger partial charge in [0, 0.05) is 43.3 Å². The third-order valence-electron chi connectivity index (χ3n) is 5.96. The zero-order valence-corrected chi connectivity index (χ0v) is 21.0. The number of benzene rings is 3. The topological polar surface area (TPSA) is 87.2 Å². The molecule has 0 unspecified atom stereocenters. The molecule has 1 N–H and O–H groups in total. The minimum absolute atomic E-state index is 0.0663. The van der Waals surface area contributed by atoms with Crippen LogP contribution in [0.5, 0.6) is 5.75 Å². The van der Waals surface area contributed by atoms with Crippen molar-refractivity contribution in [3.63, 3.8) is 0 Å². The quantitative estimate of drug-likeness (QED) is 0.444. The predicted octanol–water partition coefficient (Wildman–Crippen LogP) is 4.19. The average molecular weight is 533 g/mol. The lowest BCUT2D eigenvalue weighted by molar-refractivity contribution is -0.136. The van der Waals surface area contributed by atoms with Gasteiger partial charge in [0.05, 0.1) is 11.3 Å². The molecule has 0 saturated carbocycles. The van der Waals surface area contributed by atoms with Crippen LogP contribution < -0.4 is 4.74 Å². The number of halogens is 2. The Labute approximate surface area is 214 Å². The standard InChI is InChI=1S/C26H26ClFN2O5S/c27-22-4-1-19(2-5-22)18-35-25-10-3-20(16-26(31)32)15-21(25)17-29-11-13-30(14-12-29)36(33,34)24-8-6-23(28)7-9-24/h1-10,15H,11-14,16-18H2,(H,31,32). The monoisotopic (exact) mass is 532 g/mol. The van der Waals surface area contributed by atoms with Crippen LogP contribution in [0.3, 0.4) is 0 Å². The van der Waals surface area contributed by atoms with Crippen LogP contribution >= 0.6 is 11.6 Å². The van der Waals surface area contributed by atoms with Gasteiger partial charge < -0.3 is 9.84 Å². The Morgan fingerprint density at radius 1 is 0.944 bits per heavy atom. The molecule has 3 aromatic carbocycles. The zero-order chi connectivity index (χ0) is 25.7. The van der Waals surface area contributed by atoms with Gasteiger partial charge in [-0.3, -0.25) is 9.69 Å². The van der Waals surface area contributed by atoms with Crippen LogP contribution in [0.2, 0.25) is 5.02 Å². The van der Waals surface area contributed by atoms with Crippen molar-refractivity contribution in [2.45, 2.75) is 24.5 Å². The maximum absolute atomic E-state index is 13.2. The van der Waals surface area contributed by atoms with Gasteiger partial charge in [-0.1, -0.05) is 35.9 Å². The summed E-state index contributed by atoms with van der Waals surface area (Å²) < 4.78 is 46.5. The van der Waals surface area contributed by atoms with Crippen molar-refractivity contribution in [2.24, 2.45) is 0 Å². The Morgan fingerprint density at radius 3 is 2.22 bits per heavy atom. The summed E-state index contributed by atoms with van der Waals surface area (Å²) in [6.45, 7) is 2.35. The first-order valence-corrected chi connectivity index (χ1v) is 13.2. The highest BCUT2D eigenvalue weighted by molar-refractivity contribution is 7.89. The highest BCUT2D eigenvalue weighted by atomic mass is 35.5. The molecule has 0 atom stereocenters. The first-order valence-electron chi connectivity index (χ1n) is 11.4. The van der Waals surface area contributed by atoms with E-state index in [1.165, 1.54) is 16.4 Å². The summed E-state index contributed by atoms with van der Waals surface area (Å²) in [6, 6.07) is 17.5. The number of aliphatic carboxylic acids is 1. The molecule has 4 rings (SSSR count). The van der Waals surface area contributed by atoms with Crippen LogP contribution in [0.25, 0.3) is 0 Å². The lowest BCUT2D eigenvalue weighted by Crippen LogP contribution is -2.48. The highest BCUT2D eigenvalue weighted by Gasteiger charge is 2.29. The van der Waals surface area contributed by atoms with Gasteiger partial charge in [-0.05, 0) is 53.6 Å². The average Bonchev–Trinajstić information content (AvgIpc) is 2.85. The number of ether oxygens (including phenoxy) is 1. The normalized spacial score (nSPS) is 15.1. The second-order valence-electron chi connectivity index (χ2n) is 8.56. The Balaban J connectivity index is 1.44. The highest BCUT2D eigenvalue weighted by Crippen LogP contribution is 2.25. The van der Waals surface area contributed by atoms with Gasteiger partial charge in [-0.25, -0.2) is 12.8 Å². The van der Waals surface area contributed by atoms with E-state index in [2.05, 4.69) is 4.90 Å². The molecule has 3 aromatic rings. The summed E-state index contributed by atoms with van der Waals surface area (Å²) in [5.74, 6) is -0.770. The molecule has 0 amide bonds. The van der Waals surface area contributed by atoms with Crippen LogP contribution in [0.4, 0.5) is 4.39 Å². The number of hydrogen-bond donors (Lipinski definition) is 1. The molecular formula is C26H26ClFN2O5S. The molecule has 0 spiro atoms. The van der Waals surface area contributed by atoms with E-state index in [1.807, 2.05) is 18.2 Å². The molecule has 1 fully saturated rings. The van der Waals surface area contributed by atoms with Crippen LogP contribution in [0.1, 0.15) is 16.7 Å². The van der Waals surface area contributed by atoms with Crippen LogP contribution in [0.15, 0.2) is 71.6 Å². The fourth-order valence-corrected chi connectivity index (χ4v) is 5.60. The van der Waals surface area contributed by atoms with E-state index in [0.717, 1.165) is 23.3 Å². The molecule has 0 radical (unpaired) electrons. The molecule has 1 aliphatic heterocycles. The summed E-state index contributed by atoms with van der Waals surface area (Å²) in [6.07, 6.45) is -0.103. The second kappa shape index (κ2) is 11.4. The van der Waals surface area contributed by atoms with Crippen molar-refractivity contribution < 1.29 is 27.4 Å². The SMILES string of the molecule is O=C(O)Cc1ccc(OCc2ccc(Cl)cc2)c(CN2CCN(S(=O)(=O)c3ccc(F)cc3)CC2)c1. The Bertz CT molecular complexity index is 1310. The molecule has 1 heterocycles. The van der Waals surface area contributed by atoms with Crippen molar-refractivity contribution in [1.29, 1.82) is 0 Å². The van der Waals surface area contributed by atoms with Crippen molar-refractivity contribution in [2.75, 3.05) is 26.2 Å². The summed E-state index contributed by atoms with van der Waals surface area (Å²) in [7, 11) is -3.71. The largest absolute Gasteiger partial charge is 0.489 e. The number of piperazine rings is 1. The van der Waals surface area contributed by atoms with Crippen molar-refractivity contribution in [1.82, 2.24) is 9.21 Å². The number of carboxylic acid groups (broad SMARTS) is 1. The third kappa shape index (κ3) is 6.61. The number of sulfonamides is 1. The Morgan fingerprint density at radius 2 is 1.58 bits per heavy atom. The molecule has 1 saturated heterocycles. The van der Waals surface area contributed by atoms with Crippen molar-refractivity contribution in [3.05, 3.63) is 94.3 Å². The predicted molar refractivity (Wildman–Crippen MR) is 134 cm³/mol. The Hall–Kier alpha value is -2.98. The van der Waals surface area contributed by atoms with Gasteiger partial charge in [-0.2, -0.15) is 4.31 Å². The van der Waals surface area contributed by atoms with Crippen LogP contribution in [-0.2, 0) is 34.4 Å². The number of carboxylic acids is 1. The molecule has 7 nitrogen and oxygen atoms in total. The molecule has 0 bridgehead atoms. The summed E-state index contributed by atoms with van der Waals surface area (Å²) >= 11 is 5.95. The number of nitrogens with zero attached hydrogens (tertiary/aromatic N) is 2. The van der Waals surface area contributed by atoms with E-state index in [0.29, 0.717) is 42.6 Å². The molecule has 10 heteroatoms. The van der Waals surface area contributed by atoms with Gasteiger partial charge in [0.2, 0.25) is 10.0 Å². The van der Waals surface area contributed by atoms with Gasteiger partial charge in [-0.15, -0.1) is 0 Å². The van der Waals surface area contributed by atoms with Gasteiger partial charge in [0.1, 0.15) is 18.2 Å². The molecule has 1 aliphatic rings. The number of rotatable bonds is 9. The van der Waals surface area contributed by atoms with Crippen molar-refractivity contribution >= 4 is 27.6 Å². The van der Waals surface area contributed by atoms with E-state index < -0.39 is 21.8 Å². The van der Waals surface area contributed by atoms with Crippen molar-refractivity contribution in [3.8, 4) is 5.75 Å². The summed E-state index contributed by atoms with van der Waals surface area (Å²) in [4.78, 5) is 13.4. The maximum atomic E-state index is 13.2. The Kier molecular flexibility index (Phi) is 8.25. The summed E-state index contributed by atoms with van der Waals surface area (Å²) in [5, 5.41) is 9.84. The fraction of sp³-hybridized carbons (Fsp3) is 0.269.